The lowest BCUT2D eigenvalue weighted by Gasteiger charge is -2.33. The quantitative estimate of drug-likeness (QED) is 0.659. The highest BCUT2D eigenvalue weighted by Gasteiger charge is 2.33. The Morgan fingerprint density at radius 2 is 2.04 bits per heavy atom. The van der Waals surface area contributed by atoms with Crippen LogP contribution in [-0.2, 0) is 4.74 Å². The third-order valence-corrected chi connectivity index (χ3v) is 4.22. The maximum atomic E-state index is 13.5. The Hall–Kier alpha value is -3.12. The van der Waals surface area contributed by atoms with Crippen molar-refractivity contribution in [3.63, 3.8) is 0 Å². The van der Waals surface area contributed by atoms with E-state index in [2.05, 4.69) is 16.8 Å². The summed E-state index contributed by atoms with van der Waals surface area (Å²) >= 11 is 0. The lowest BCUT2D eigenvalue weighted by atomic mass is 9.89. The van der Waals surface area contributed by atoms with Crippen molar-refractivity contribution < 1.29 is 13.9 Å². The zero-order valence-corrected chi connectivity index (χ0v) is 15.5. The number of nitriles is 1. The molecule has 5 nitrogen and oxygen atoms in total. The minimum absolute atomic E-state index is 0.0696. The Morgan fingerprint density at radius 1 is 1.30 bits per heavy atom. The highest BCUT2D eigenvalue weighted by molar-refractivity contribution is 6.06. The number of ether oxygens (including phenoxy) is 1. The largest absolute Gasteiger partial charge is 0.444 e. The highest BCUT2D eigenvalue weighted by atomic mass is 19.1. The van der Waals surface area contributed by atoms with Crippen LogP contribution in [0.25, 0.3) is 0 Å². The van der Waals surface area contributed by atoms with Gasteiger partial charge in [0.2, 0.25) is 0 Å². The van der Waals surface area contributed by atoms with Crippen LogP contribution in [0.4, 0.5) is 9.18 Å². The molecule has 1 amide bonds. The average molecular weight is 365 g/mol. The first-order valence-electron chi connectivity index (χ1n) is 8.72. The van der Waals surface area contributed by atoms with E-state index in [0.29, 0.717) is 30.8 Å². The lowest BCUT2D eigenvalue weighted by molar-refractivity contribution is 0.0240. The number of carbonyl (C=O) groups excluding carboxylic acids is 1. The Bertz CT molecular complexity index is 939. The number of benzene rings is 1. The van der Waals surface area contributed by atoms with Crippen molar-refractivity contribution in [1.29, 1.82) is 5.26 Å². The second kappa shape index (κ2) is 7.25. The van der Waals surface area contributed by atoms with Gasteiger partial charge in [0.15, 0.2) is 0 Å². The van der Waals surface area contributed by atoms with E-state index in [-0.39, 0.29) is 17.6 Å². The number of carbonyl (C=O) groups is 1. The van der Waals surface area contributed by atoms with Gasteiger partial charge in [-0.3, -0.25) is 4.99 Å². The summed E-state index contributed by atoms with van der Waals surface area (Å²) in [6, 6.07) is 5.93. The standard InChI is InChI=1S/C21H20FN3O2/c1-21(2,3)27-20(26)25-7-6-18-16(13-25)12-24-19(18)5-4-14-8-15(11-23)10-17(22)9-14/h8-10,12,18H,6-7,13H2,1-3H3. The van der Waals surface area contributed by atoms with Gasteiger partial charge < -0.3 is 9.64 Å². The molecule has 0 bridgehead atoms. The fourth-order valence-electron chi connectivity index (χ4n) is 3.03. The molecule has 0 N–H and O–H groups in total. The van der Waals surface area contributed by atoms with Crippen molar-refractivity contribution in [3.8, 4) is 17.9 Å². The highest BCUT2D eigenvalue weighted by Crippen LogP contribution is 2.29. The summed E-state index contributed by atoms with van der Waals surface area (Å²) in [5.41, 5.74) is 1.87. The van der Waals surface area contributed by atoms with Crippen LogP contribution in [0.5, 0.6) is 0 Å². The predicted molar refractivity (Wildman–Crippen MR) is 99.4 cm³/mol. The number of amides is 1. The molecule has 2 aliphatic heterocycles. The number of hydrogen-bond acceptors (Lipinski definition) is 4. The molecular formula is C21H20FN3O2. The Kier molecular flexibility index (Phi) is 5.01. The van der Waals surface area contributed by atoms with Crippen LogP contribution in [0.2, 0.25) is 0 Å². The van der Waals surface area contributed by atoms with E-state index >= 15 is 0 Å². The number of halogens is 1. The van der Waals surface area contributed by atoms with E-state index in [1.165, 1.54) is 12.1 Å². The zero-order valence-electron chi connectivity index (χ0n) is 15.5. The van der Waals surface area contributed by atoms with Crippen molar-refractivity contribution in [1.82, 2.24) is 4.90 Å². The molecule has 0 radical (unpaired) electrons. The number of piperidine rings is 1. The molecule has 1 atom stereocenters. The van der Waals surface area contributed by atoms with Crippen LogP contribution >= 0.6 is 0 Å². The van der Waals surface area contributed by atoms with E-state index in [0.717, 1.165) is 5.57 Å². The van der Waals surface area contributed by atoms with Gasteiger partial charge in [0.05, 0.1) is 17.3 Å². The molecule has 0 aromatic heterocycles. The minimum atomic E-state index is -0.529. The first-order chi connectivity index (χ1) is 12.7. The summed E-state index contributed by atoms with van der Waals surface area (Å²) in [6.45, 7) is 6.55. The maximum absolute atomic E-state index is 13.5. The van der Waals surface area contributed by atoms with Gasteiger partial charge in [-0.15, -0.1) is 0 Å². The molecule has 1 saturated heterocycles. The summed E-state index contributed by atoms with van der Waals surface area (Å²) in [7, 11) is 0. The summed E-state index contributed by atoms with van der Waals surface area (Å²) in [5, 5.41) is 8.92. The Balaban J connectivity index is 1.67. The lowest BCUT2D eigenvalue weighted by Crippen LogP contribution is -2.43. The first-order valence-corrected chi connectivity index (χ1v) is 8.72. The molecule has 0 aliphatic carbocycles. The van der Waals surface area contributed by atoms with E-state index in [1.807, 2.05) is 26.8 Å². The van der Waals surface area contributed by atoms with Gasteiger partial charge in [-0.2, -0.15) is 5.26 Å². The molecule has 27 heavy (non-hydrogen) atoms. The summed E-state index contributed by atoms with van der Waals surface area (Å²) < 4.78 is 18.9. The maximum Gasteiger partial charge on any atom is 0.410 e. The summed E-state index contributed by atoms with van der Waals surface area (Å²) in [4.78, 5) is 18.3. The first kappa shape index (κ1) is 18.7. The fourth-order valence-corrected chi connectivity index (χ4v) is 3.03. The van der Waals surface area contributed by atoms with Gasteiger partial charge in [-0.05, 0) is 56.9 Å². The second-order valence-electron chi connectivity index (χ2n) is 7.55. The fraction of sp³-hybridized carbons (Fsp3) is 0.381. The number of nitrogens with zero attached hydrogens (tertiary/aromatic N) is 3. The Labute approximate surface area is 158 Å². The van der Waals surface area contributed by atoms with Crippen molar-refractivity contribution in [2.75, 3.05) is 13.1 Å². The Morgan fingerprint density at radius 3 is 2.74 bits per heavy atom. The van der Waals surface area contributed by atoms with Gasteiger partial charge in [-0.25, -0.2) is 9.18 Å². The smallest absolute Gasteiger partial charge is 0.410 e. The topological polar surface area (TPSA) is 65.7 Å². The second-order valence-corrected chi connectivity index (χ2v) is 7.55. The van der Waals surface area contributed by atoms with Gasteiger partial charge >= 0.3 is 6.09 Å². The molecule has 6 heteroatoms. The van der Waals surface area contributed by atoms with E-state index in [4.69, 9.17) is 10.00 Å². The third-order valence-electron chi connectivity index (χ3n) is 4.22. The normalized spacial score (nSPS) is 18.5. The van der Waals surface area contributed by atoms with Crippen molar-refractivity contribution in [2.45, 2.75) is 32.8 Å². The molecule has 0 saturated carbocycles. The number of fused-ring (bicyclic) bond motifs is 1. The molecule has 1 unspecified atom stereocenters. The molecule has 1 aromatic rings. The molecule has 3 rings (SSSR count). The van der Waals surface area contributed by atoms with Crippen LogP contribution in [0.1, 0.15) is 38.3 Å². The van der Waals surface area contributed by atoms with Crippen LogP contribution < -0.4 is 0 Å². The molecule has 2 aliphatic rings. The van der Waals surface area contributed by atoms with Gasteiger partial charge in [0.1, 0.15) is 11.4 Å². The monoisotopic (exact) mass is 365 g/mol. The summed E-state index contributed by atoms with van der Waals surface area (Å²) in [5.74, 6) is 5.46. The third kappa shape index (κ3) is 4.54. The van der Waals surface area contributed by atoms with E-state index in [9.17, 15) is 9.18 Å². The van der Waals surface area contributed by atoms with Crippen LogP contribution in [0.3, 0.4) is 0 Å². The number of rotatable bonds is 0. The van der Waals surface area contributed by atoms with Crippen molar-refractivity contribution in [2.24, 2.45) is 10.9 Å². The molecular weight excluding hydrogens is 345 g/mol. The van der Waals surface area contributed by atoms with Crippen LogP contribution in [0.15, 0.2) is 35.0 Å². The number of aliphatic imine (C=N–C) groups is 1. The van der Waals surface area contributed by atoms with Crippen molar-refractivity contribution >= 4 is 11.8 Å². The van der Waals surface area contributed by atoms with Crippen LogP contribution in [-0.4, -0.2) is 35.4 Å². The molecule has 0 spiro atoms. The minimum Gasteiger partial charge on any atom is -0.444 e. The van der Waals surface area contributed by atoms with E-state index < -0.39 is 11.4 Å². The van der Waals surface area contributed by atoms with E-state index in [1.54, 1.807) is 17.2 Å². The van der Waals surface area contributed by atoms with Gasteiger partial charge in [0, 0.05) is 30.8 Å². The zero-order chi connectivity index (χ0) is 19.6. The van der Waals surface area contributed by atoms with Crippen LogP contribution in [0, 0.1) is 34.9 Å². The number of hydrogen-bond donors (Lipinski definition) is 0. The molecule has 138 valence electrons. The number of likely N-dealkylation sites (tertiary alicyclic amines) is 1. The van der Waals surface area contributed by atoms with Gasteiger partial charge in [0.25, 0.3) is 0 Å². The van der Waals surface area contributed by atoms with Gasteiger partial charge in [-0.1, -0.05) is 5.92 Å². The SMILES string of the molecule is CC(C)(C)OC(=O)N1CCC2C(=CN=C2C#Cc2cc(F)cc(C#N)c2)C1. The summed E-state index contributed by atoms with van der Waals surface area (Å²) in [6.07, 6.45) is 2.13. The average Bonchev–Trinajstić information content (AvgIpc) is 3.00. The molecule has 1 aromatic carbocycles. The predicted octanol–water partition coefficient (Wildman–Crippen LogP) is 3.64. The molecule has 2 heterocycles. The van der Waals surface area contributed by atoms with Crippen molar-refractivity contribution in [3.05, 3.63) is 46.9 Å². The molecule has 1 fully saturated rings.